The highest BCUT2D eigenvalue weighted by molar-refractivity contribution is 5.64. The molecule has 3 rings (SSSR count). The van der Waals surface area contributed by atoms with E-state index in [1.807, 2.05) is 12.1 Å². The highest BCUT2D eigenvalue weighted by Gasteiger charge is 2.19. The van der Waals surface area contributed by atoms with E-state index < -0.39 is 4.92 Å². The molecule has 0 radical (unpaired) electrons. The van der Waals surface area contributed by atoms with E-state index >= 15 is 0 Å². The number of nitrogens with one attached hydrogen (secondary N) is 1. The maximum atomic E-state index is 11.0. The Morgan fingerprint density at radius 2 is 2.20 bits per heavy atom. The summed E-state index contributed by atoms with van der Waals surface area (Å²) in [7, 11) is 0. The van der Waals surface area contributed by atoms with Crippen LogP contribution in [0.5, 0.6) is 11.6 Å². The van der Waals surface area contributed by atoms with E-state index in [0.717, 1.165) is 30.6 Å². The fourth-order valence-electron chi connectivity index (χ4n) is 2.27. The molecule has 20 heavy (non-hydrogen) atoms. The summed E-state index contributed by atoms with van der Waals surface area (Å²) in [5.74, 6) is 0.585. The Labute approximate surface area is 115 Å². The number of fused-ring (bicyclic) bond motifs is 1. The number of aryl methyl sites for hydroxylation is 1. The molecule has 1 aromatic carbocycles. The Morgan fingerprint density at radius 1 is 1.30 bits per heavy atom. The number of aromatic nitrogens is 1. The van der Waals surface area contributed by atoms with Crippen molar-refractivity contribution in [3.63, 3.8) is 0 Å². The molecule has 2 heterocycles. The first-order valence-electron chi connectivity index (χ1n) is 6.39. The fraction of sp³-hybridized carbons (Fsp3) is 0.214. The van der Waals surface area contributed by atoms with Crippen molar-refractivity contribution in [2.24, 2.45) is 0 Å². The molecular weight excluding hydrogens is 258 g/mol. The molecule has 0 spiro atoms. The molecule has 0 fully saturated rings. The van der Waals surface area contributed by atoms with Gasteiger partial charge in [-0.05, 0) is 30.5 Å². The average molecular weight is 271 g/mol. The van der Waals surface area contributed by atoms with E-state index in [1.165, 1.54) is 18.3 Å². The summed E-state index contributed by atoms with van der Waals surface area (Å²) in [6, 6.07) is 8.60. The Balaban J connectivity index is 1.98. The average Bonchev–Trinajstić information content (AvgIpc) is 2.48. The normalized spacial score (nSPS) is 13.2. The predicted molar refractivity (Wildman–Crippen MR) is 74.2 cm³/mol. The van der Waals surface area contributed by atoms with Crippen LogP contribution in [0.4, 0.5) is 11.4 Å². The molecule has 6 nitrogen and oxygen atoms in total. The summed E-state index contributed by atoms with van der Waals surface area (Å²) in [5.41, 5.74) is 1.92. The third kappa shape index (κ3) is 2.27. The number of nitro groups is 1. The number of benzene rings is 1. The lowest BCUT2D eigenvalue weighted by atomic mass is 10.0. The smallest absolute Gasteiger partial charge is 0.331 e. The van der Waals surface area contributed by atoms with Gasteiger partial charge in [0.15, 0.2) is 5.75 Å². The second-order valence-corrected chi connectivity index (χ2v) is 4.51. The summed E-state index contributed by atoms with van der Waals surface area (Å²) in [4.78, 5) is 14.4. The lowest BCUT2D eigenvalue weighted by Gasteiger charge is -2.20. The minimum Gasteiger partial charge on any atom is -0.431 e. The number of pyridine rings is 1. The Morgan fingerprint density at radius 3 is 3.05 bits per heavy atom. The SMILES string of the molecule is O=[N+]([O-])c1cccnc1Oc1cccc2c1NCCC2. The maximum Gasteiger partial charge on any atom is 0.331 e. The van der Waals surface area contributed by atoms with Crippen molar-refractivity contribution in [3.8, 4) is 11.6 Å². The molecule has 1 aliphatic rings. The number of anilines is 1. The van der Waals surface area contributed by atoms with E-state index in [4.69, 9.17) is 4.74 Å². The van der Waals surface area contributed by atoms with Crippen LogP contribution in [0.1, 0.15) is 12.0 Å². The summed E-state index contributed by atoms with van der Waals surface area (Å²) in [5, 5.41) is 14.2. The molecule has 102 valence electrons. The van der Waals surface area contributed by atoms with Gasteiger partial charge in [0, 0.05) is 18.8 Å². The van der Waals surface area contributed by atoms with Gasteiger partial charge >= 0.3 is 5.69 Å². The van der Waals surface area contributed by atoms with Crippen LogP contribution in [0.2, 0.25) is 0 Å². The van der Waals surface area contributed by atoms with Gasteiger partial charge in [-0.1, -0.05) is 12.1 Å². The Kier molecular flexibility index (Phi) is 3.20. The summed E-state index contributed by atoms with van der Waals surface area (Å²) >= 11 is 0. The Bertz CT molecular complexity index is 658. The molecule has 1 aliphatic heterocycles. The van der Waals surface area contributed by atoms with Gasteiger partial charge in [-0.15, -0.1) is 0 Å². The topological polar surface area (TPSA) is 77.3 Å². The number of rotatable bonds is 3. The van der Waals surface area contributed by atoms with E-state index in [0.29, 0.717) is 5.75 Å². The van der Waals surface area contributed by atoms with Crippen molar-refractivity contribution in [1.29, 1.82) is 0 Å². The predicted octanol–water partition coefficient (Wildman–Crippen LogP) is 3.14. The van der Waals surface area contributed by atoms with Crippen LogP contribution in [-0.2, 0) is 6.42 Å². The van der Waals surface area contributed by atoms with Crippen LogP contribution < -0.4 is 10.1 Å². The minimum atomic E-state index is -0.495. The number of hydrogen-bond donors (Lipinski definition) is 1. The van der Waals surface area contributed by atoms with Gasteiger partial charge < -0.3 is 10.1 Å². The van der Waals surface area contributed by atoms with E-state index in [2.05, 4.69) is 10.3 Å². The largest absolute Gasteiger partial charge is 0.431 e. The van der Waals surface area contributed by atoms with E-state index in [-0.39, 0.29) is 11.6 Å². The first-order valence-corrected chi connectivity index (χ1v) is 6.39. The molecule has 0 aliphatic carbocycles. The standard InChI is InChI=1S/C14H13N3O3/c18-17(19)11-6-3-9-16-14(11)20-12-7-1-4-10-5-2-8-15-13(10)12/h1,3-4,6-7,9,15H,2,5,8H2. The van der Waals surface area contributed by atoms with Crippen LogP contribution in [0.3, 0.4) is 0 Å². The molecule has 6 heteroatoms. The molecule has 0 saturated heterocycles. The summed E-state index contributed by atoms with van der Waals surface area (Å²) in [6.45, 7) is 0.873. The van der Waals surface area contributed by atoms with Gasteiger partial charge in [0.1, 0.15) is 0 Å². The summed E-state index contributed by atoms with van der Waals surface area (Å²) in [6.07, 6.45) is 3.52. The van der Waals surface area contributed by atoms with Gasteiger partial charge in [0.2, 0.25) is 0 Å². The first kappa shape index (κ1) is 12.4. The molecule has 0 amide bonds. The lowest BCUT2D eigenvalue weighted by molar-refractivity contribution is -0.386. The van der Waals surface area contributed by atoms with Gasteiger partial charge in [-0.3, -0.25) is 10.1 Å². The quantitative estimate of drug-likeness (QED) is 0.685. The van der Waals surface area contributed by atoms with Gasteiger partial charge in [0.05, 0.1) is 10.6 Å². The zero-order valence-corrected chi connectivity index (χ0v) is 10.7. The van der Waals surface area contributed by atoms with E-state index in [1.54, 1.807) is 6.07 Å². The first-order chi connectivity index (χ1) is 9.75. The number of para-hydroxylation sites is 1. The van der Waals surface area contributed by atoms with Crippen LogP contribution in [0.15, 0.2) is 36.5 Å². The van der Waals surface area contributed by atoms with E-state index in [9.17, 15) is 10.1 Å². The third-order valence-corrected chi connectivity index (χ3v) is 3.19. The van der Waals surface area contributed by atoms with Gasteiger partial charge in [0.25, 0.3) is 5.88 Å². The van der Waals surface area contributed by atoms with Crippen molar-refractivity contribution >= 4 is 11.4 Å². The van der Waals surface area contributed by atoms with Crippen LogP contribution in [-0.4, -0.2) is 16.5 Å². The lowest BCUT2D eigenvalue weighted by Crippen LogP contribution is -2.12. The van der Waals surface area contributed by atoms with Gasteiger partial charge in [-0.25, -0.2) is 4.98 Å². The van der Waals surface area contributed by atoms with Crippen molar-refractivity contribution in [2.75, 3.05) is 11.9 Å². The van der Waals surface area contributed by atoms with Crippen LogP contribution in [0.25, 0.3) is 0 Å². The molecule has 0 saturated carbocycles. The third-order valence-electron chi connectivity index (χ3n) is 3.19. The fourth-order valence-corrected chi connectivity index (χ4v) is 2.27. The number of ether oxygens (including phenoxy) is 1. The van der Waals surface area contributed by atoms with Crippen LogP contribution >= 0.6 is 0 Å². The minimum absolute atomic E-state index is 0.0123. The Hall–Kier alpha value is -2.63. The number of hydrogen-bond acceptors (Lipinski definition) is 5. The highest BCUT2D eigenvalue weighted by Crippen LogP contribution is 2.36. The second kappa shape index (κ2) is 5.16. The van der Waals surface area contributed by atoms with Crippen molar-refractivity contribution in [1.82, 2.24) is 4.98 Å². The van der Waals surface area contributed by atoms with Crippen LogP contribution in [0, 0.1) is 10.1 Å². The van der Waals surface area contributed by atoms with Crippen molar-refractivity contribution in [2.45, 2.75) is 12.8 Å². The molecule has 0 bridgehead atoms. The number of nitrogens with zero attached hydrogens (tertiary/aromatic N) is 2. The molecular formula is C14H13N3O3. The molecule has 0 unspecified atom stereocenters. The van der Waals surface area contributed by atoms with Crippen molar-refractivity contribution < 1.29 is 9.66 Å². The van der Waals surface area contributed by atoms with Gasteiger partial charge in [-0.2, -0.15) is 0 Å². The zero-order valence-electron chi connectivity index (χ0n) is 10.7. The molecule has 2 aromatic rings. The monoisotopic (exact) mass is 271 g/mol. The summed E-state index contributed by atoms with van der Waals surface area (Å²) < 4.78 is 5.65. The molecule has 1 aromatic heterocycles. The second-order valence-electron chi connectivity index (χ2n) is 4.51. The van der Waals surface area contributed by atoms with Crippen molar-refractivity contribution in [3.05, 3.63) is 52.2 Å². The zero-order chi connectivity index (χ0) is 13.9. The molecule has 0 atom stereocenters. The molecule has 1 N–H and O–H groups in total. The maximum absolute atomic E-state index is 11.0. The highest BCUT2D eigenvalue weighted by atomic mass is 16.6.